The van der Waals surface area contributed by atoms with Gasteiger partial charge in [0, 0.05) is 35.2 Å². The molecule has 162 valence electrons. The molecule has 4 aromatic rings. The maximum Gasteiger partial charge on any atom is 0.261 e. The number of carbonyl (C=O) groups is 1. The van der Waals surface area contributed by atoms with E-state index < -0.39 is 22.7 Å². The summed E-state index contributed by atoms with van der Waals surface area (Å²) in [6.07, 6.45) is 3.81. The highest BCUT2D eigenvalue weighted by molar-refractivity contribution is 6.39. The van der Waals surface area contributed by atoms with Crippen molar-refractivity contribution in [1.82, 2.24) is 14.5 Å². The highest BCUT2D eigenvalue weighted by Gasteiger charge is 2.20. The molecule has 3 heterocycles. The molecule has 7 nitrogen and oxygen atoms in total. The van der Waals surface area contributed by atoms with Gasteiger partial charge in [0.15, 0.2) is 0 Å². The van der Waals surface area contributed by atoms with Gasteiger partial charge in [-0.3, -0.25) is 19.4 Å². The van der Waals surface area contributed by atoms with E-state index in [1.807, 2.05) is 0 Å². The zero-order valence-electron chi connectivity index (χ0n) is 16.0. The molecule has 11 heteroatoms. The fraction of sp³-hybridized carbons (Fsp3) is 0.0476. The highest BCUT2D eigenvalue weighted by Crippen LogP contribution is 2.29. The van der Waals surface area contributed by atoms with Crippen LogP contribution in [0.2, 0.25) is 15.1 Å². The number of hydrogen-bond acceptors (Lipinski definition) is 4. The molecule has 0 radical (unpaired) electrons. The molecule has 2 N–H and O–H groups in total. The lowest BCUT2D eigenvalue weighted by molar-refractivity contribution is 0.102. The monoisotopic (exact) mass is 492 g/mol. The fourth-order valence-corrected chi connectivity index (χ4v) is 3.84. The smallest absolute Gasteiger partial charge is 0.261 e. The number of benzene rings is 1. The van der Waals surface area contributed by atoms with E-state index in [9.17, 15) is 18.8 Å². The van der Waals surface area contributed by atoms with Crippen LogP contribution in [0, 0.1) is 5.82 Å². The van der Waals surface area contributed by atoms with Crippen molar-refractivity contribution in [1.29, 1.82) is 0 Å². The first-order valence-corrected chi connectivity index (χ1v) is 10.2. The summed E-state index contributed by atoms with van der Waals surface area (Å²) >= 11 is 18.2. The molecule has 1 amide bonds. The van der Waals surface area contributed by atoms with E-state index in [2.05, 4.69) is 15.3 Å². The van der Waals surface area contributed by atoms with E-state index in [4.69, 9.17) is 34.8 Å². The largest absolute Gasteiger partial charge is 0.341 e. The Balaban J connectivity index is 1.88. The number of carbonyl (C=O) groups excluding carboxylic acids is 1. The Labute approximate surface area is 194 Å². The van der Waals surface area contributed by atoms with Crippen molar-refractivity contribution in [2.24, 2.45) is 0 Å². The summed E-state index contributed by atoms with van der Waals surface area (Å²) in [4.78, 5) is 44.0. The number of fused-ring (bicyclic) bond motifs is 1. The van der Waals surface area contributed by atoms with Crippen LogP contribution in [0.15, 0.2) is 58.5 Å². The number of nitrogens with one attached hydrogen (secondary N) is 2. The molecule has 0 saturated heterocycles. The Bertz CT molecular complexity index is 1460. The number of aromatic nitrogens is 3. The topological polar surface area (TPSA) is 96.8 Å². The van der Waals surface area contributed by atoms with Gasteiger partial charge in [0.1, 0.15) is 16.9 Å². The summed E-state index contributed by atoms with van der Waals surface area (Å²) in [5.41, 5.74) is -1.21. The van der Waals surface area contributed by atoms with Crippen LogP contribution in [0.5, 0.6) is 0 Å². The second-order valence-electron chi connectivity index (χ2n) is 6.72. The second-order valence-corrected chi connectivity index (χ2v) is 7.94. The van der Waals surface area contributed by atoms with Gasteiger partial charge in [0.25, 0.3) is 5.91 Å². The van der Waals surface area contributed by atoms with Crippen molar-refractivity contribution < 1.29 is 9.18 Å². The zero-order chi connectivity index (χ0) is 23.0. The van der Waals surface area contributed by atoms with Crippen molar-refractivity contribution in [2.45, 2.75) is 6.54 Å². The average molecular weight is 494 g/mol. The highest BCUT2D eigenvalue weighted by atomic mass is 35.5. The zero-order valence-corrected chi connectivity index (χ0v) is 18.2. The Morgan fingerprint density at radius 1 is 1.06 bits per heavy atom. The average Bonchev–Trinajstić information content (AvgIpc) is 2.75. The summed E-state index contributed by atoms with van der Waals surface area (Å²) in [5, 5.41) is 2.79. The molecule has 0 unspecified atom stereocenters. The Morgan fingerprint density at radius 3 is 2.47 bits per heavy atom. The number of hydrogen-bond donors (Lipinski definition) is 2. The van der Waals surface area contributed by atoms with Crippen molar-refractivity contribution in [3.05, 3.63) is 102 Å². The SMILES string of the molecule is O=C(Nc1c(Cl)cncc1Cl)c1cn(Cc2c(F)cccc2Cl)c2ccc(=O)[nH]c2c1=O. The number of amides is 1. The molecule has 0 fully saturated rings. The number of aromatic amines is 1. The minimum atomic E-state index is -0.829. The summed E-state index contributed by atoms with van der Waals surface area (Å²) in [7, 11) is 0. The lowest BCUT2D eigenvalue weighted by Crippen LogP contribution is -2.26. The molecule has 4 rings (SSSR count). The van der Waals surface area contributed by atoms with Gasteiger partial charge in [-0.05, 0) is 18.2 Å². The molecular weight excluding hydrogens is 482 g/mol. The molecule has 0 saturated carbocycles. The number of nitrogens with zero attached hydrogens (tertiary/aromatic N) is 2. The third-order valence-corrected chi connectivity index (χ3v) is 5.62. The van der Waals surface area contributed by atoms with Crippen LogP contribution >= 0.6 is 34.8 Å². The van der Waals surface area contributed by atoms with Crippen LogP contribution < -0.4 is 16.3 Å². The number of anilines is 1. The van der Waals surface area contributed by atoms with Gasteiger partial charge in [-0.15, -0.1) is 0 Å². The van der Waals surface area contributed by atoms with Gasteiger partial charge in [0.2, 0.25) is 11.0 Å². The van der Waals surface area contributed by atoms with Gasteiger partial charge < -0.3 is 14.9 Å². The molecule has 0 bridgehead atoms. The van der Waals surface area contributed by atoms with E-state index >= 15 is 0 Å². The van der Waals surface area contributed by atoms with Crippen molar-refractivity contribution in [3.63, 3.8) is 0 Å². The standard InChI is InChI=1S/C21H12Cl3FN4O3/c22-12-2-1-3-15(25)10(12)8-29-9-11(20(31)19-16(29)4-5-17(30)27-19)21(32)28-18-13(23)6-26-7-14(18)24/h1-7,9H,8H2,(H,27,30)(H,26,28,32). The maximum absolute atomic E-state index is 14.4. The quantitative estimate of drug-likeness (QED) is 0.438. The third kappa shape index (κ3) is 4.12. The summed E-state index contributed by atoms with van der Waals surface area (Å²) in [6.45, 7) is -0.106. The van der Waals surface area contributed by atoms with Crippen LogP contribution in [-0.4, -0.2) is 20.4 Å². The van der Waals surface area contributed by atoms with E-state index in [0.717, 1.165) is 0 Å². The van der Waals surface area contributed by atoms with E-state index in [1.165, 1.54) is 53.5 Å². The number of H-pyrrole nitrogens is 1. The molecule has 3 aromatic heterocycles. The maximum atomic E-state index is 14.4. The van der Waals surface area contributed by atoms with Crippen LogP contribution in [0.3, 0.4) is 0 Å². The molecular formula is C21H12Cl3FN4O3. The van der Waals surface area contributed by atoms with E-state index in [1.54, 1.807) is 0 Å². The summed E-state index contributed by atoms with van der Waals surface area (Å²) < 4.78 is 15.8. The Morgan fingerprint density at radius 2 is 1.78 bits per heavy atom. The lowest BCUT2D eigenvalue weighted by Gasteiger charge is -2.15. The Kier molecular flexibility index (Phi) is 6.01. The minimum absolute atomic E-state index is 0.0677. The van der Waals surface area contributed by atoms with Crippen LogP contribution in [0.1, 0.15) is 15.9 Å². The lowest BCUT2D eigenvalue weighted by atomic mass is 10.1. The van der Waals surface area contributed by atoms with Crippen LogP contribution in [0.4, 0.5) is 10.1 Å². The predicted molar refractivity (Wildman–Crippen MR) is 122 cm³/mol. The molecule has 32 heavy (non-hydrogen) atoms. The minimum Gasteiger partial charge on any atom is -0.341 e. The number of pyridine rings is 3. The molecule has 0 spiro atoms. The molecule has 0 aliphatic carbocycles. The Hall–Kier alpha value is -3.20. The van der Waals surface area contributed by atoms with Crippen molar-refractivity contribution >= 4 is 57.4 Å². The first kappa shape index (κ1) is 22.0. The molecule has 1 aromatic carbocycles. The van der Waals surface area contributed by atoms with Crippen LogP contribution in [0.25, 0.3) is 11.0 Å². The van der Waals surface area contributed by atoms with Gasteiger partial charge in [0.05, 0.1) is 27.8 Å². The number of halogens is 4. The predicted octanol–water partition coefficient (Wildman–Crippen LogP) is 4.48. The third-order valence-electron chi connectivity index (χ3n) is 4.69. The van der Waals surface area contributed by atoms with Crippen molar-refractivity contribution in [3.8, 4) is 0 Å². The van der Waals surface area contributed by atoms with Gasteiger partial charge >= 0.3 is 0 Å². The normalized spacial score (nSPS) is 11.0. The van der Waals surface area contributed by atoms with E-state index in [-0.39, 0.29) is 49.5 Å². The summed E-state index contributed by atoms with van der Waals surface area (Å²) in [5.74, 6) is -1.39. The number of rotatable bonds is 4. The van der Waals surface area contributed by atoms with Gasteiger partial charge in [-0.2, -0.15) is 0 Å². The second kappa shape index (κ2) is 8.74. The summed E-state index contributed by atoms with van der Waals surface area (Å²) in [6, 6.07) is 6.85. The van der Waals surface area contributed by atoms with Gasteiger partial charge in [-0.1, -0.05) is 40.9 Å². The first-order chi connectivity index (χ1) is 15.3. The van der Waals surface area contributed by atoms with Gasteiger partial charge in [-0.25, -0.2) is 4.39 Å². The van der Waals surface area contributed by atoms with Crippen LogP contribution in [-0.2, 0) is 6.54 Å². The molecule has 0 aliphatic heterocycles. The first-order valence-electron chi connectivity index (χ1n) is 9.06. The van der Waals surface area contributed by atoms with Crippen molar-refractivity contribution in [2.75, 3.05) is 5.32 Å². The van der Waals surface area contributed by atoms with E-state index in [0.29, 0.717) is 0 Å². The fourth-order valence-electron chi connectivity index (χ4n) is 3.16. The molecule has 0 atom stereocenters. The molecule has 0 aliphatic rings.